The highest BCUT2D eigenvalue weighted by Crippen LogP contribution is 2.30. The molecule has 1 aliphatic rings. The average Bonchev–Trinajstić information content (AvgIpc) is 2.44. The van der Waals surface area contributed by atoms with Crippen molar-refractivity contribution in [2.45, 2.75) is 19.4 Å². The summed E-state index contributed by atoms with van der Waals surface area (Å²) < 4.78 is 6.91. The first-order chi connectivity index (χ1) is 6.68. The second-order valence-corrected chi connectivity index (χ2v) is 3.44. The third-order valence-electron chi connectivity index (χ3n) is 1.99. The SMILES string of the molecule is O=C(O)Cc1nn2c(c1Cl)OCCC2. The Morgan fingerprint density at radius 3 is 3.14 bits per heavy atom. The summed E-state index contributed by atoms with van der Waals surface area (Å²) in [6, 6.07) is 0. The van der Waals surface area contributed by atoms with E-state index in [4.69, 9.17) is 21.4 Å². The van der Waals surface area contributed by atoms with E-state index in [-0.39, 0.29) is 6.42 Å². The van der Waals surface area contributed by atoms with Gasteiger partial charge >= 0.3 is 5.97 Å². The molecule has 2 rings (SSSR count). The van der Waals surface area contributed by atoms with Crippen molar-refractivity contribution in [1.29, 1.82) is 0 Å². The molecule has 0 bridgehead atoms. The maximum Gasteiger partial charge on any atom is 0.309 e. The molecule has 1 aliphatic heterocycles. The minimum Gasteiger partial charge on any atom is -0.481 e. The van der Waals surface area contributed by atoms with Crippen LogP contribution in [0.2, 0.25) is 5.02 Å². The molecule has 5 nitrogen and oxygen atoms in total. The van der Waals surface area contributed by atoms with E-state index in [2.05, 4.69) is 5.10 Å². The number of ether oxygens (including phenoxy) is 1. The van der Waals surface area contributed by atoms with Gasteiger partial charge in [-0.2, -0.15) is 5.10 Å². The lowest BCUT2D eigenvalue weighted by Gasteiger charge is -2.14. The number of rotatable bonds is 2. The van der Waals surface area contributed by atoms with E-state index in [1.807, 2.05) is 0 Å². The van der Waals surface area contributed by atoms with E-state index in [0.29, 0.717) is 23.2 Å². The zero-order valence-corrected chi connectivity index (χ0v) is 8.12. The van der Waals surface area contributed by atoms with E-state index >= 15 is 0 Å². The fourth-order valence-electron chi connectivity index (χ4n) is 1.40. The number of carboxylic acids is 1. The fraction of sp³-hybridized carbons (Fsp3) is 0.500. The Balaban J connectivity index is 2.33. The standard InChI is InChI=1S/C8H9ClN2O3/c9-7-5(4-6(12)13)10-11-2-1-3-14-8(7)11/h1-4H2,(H,12,13). The summed E-state index contributed by atoms with van der Waals surface area (Å²) in [5.74, 6) is -0.448. The smallest absolute Gasteiger partial charge is 0.309 e. The molecule has 2 heterocycles. The van der Waals surface area contributed by atoms with Gasteiger partial charge in [-0.05, 0) is 0 Å². The average molecular weight is 217 g/mol. The van der Waals surface area contributed by atoms with Crippen LogP contribution in [0.4, 0.5) is 0 Å². The second kappa shape index (κ2) is 3.49. The largest absolute Gasteiger partial charge is 0.481 e. The fourth-order valence-corrected chi connectivity index (χ4v) is 1.66. The molecule has 0 atom stereocenters. The van der Waals surface area contributed by atoms with Gasteiger partial charge in [-0.25, -0.2) is 4.68 Å². The van der Waals surface area contributed by atoms with Gasteiger partial charge in [-0.1, -0.05) is 11.6 Å². The molecule has 0 aromatic carbocycles. The number of nitrogens with zero attached hydrogens (tertiary/aromatic N) is 2. The molecule has 0 saturated carbocycles. The Hall–Kier alpha value is -1.23. The van der Waals surface area contributed by atoms with Gasteiger partial charge in [0.15, 0.2) is 0 Å². The lowest BCUT2D eigenvalue weighted by Crippen LogP contribution is -2.14. The second-order valence-electron chi connectivity index (χ2n) is 3.06. The third kappa shape index (κ3) is 1.55. The van der Waals surface area contributed by atoms with Crippen molar-refractivity contribution < 1.29 is 14.6 Å². The van der Waals surface area contributed by atoms with E-state index in [0.717, 1.165) is 13.0 Å². The molecule has 0 radical (unpaired) electrons. The number of aromatic nitrogens is 2. The van der Waals surface area contributed by atoms with Gasteiger partial charge in [-0.3, -0.25) is 4.79 Å². The summed E-state index contributed by atoms with van der Waals surface area (Å²) in [6.45, 7) is 1.34. The van der Waals surface area contributed by atoms with Gasteiger partial charge in [0, 0.05) is 13.0 Å². The van der Waals surface area contributed by atoms with Crippen LogP contribution in [0, 0.1) is 0 Å². The van der Waals surface area contributed by atoms with Gasteiger partial charge < -0.3 is 9.84 Å². The number of hydrogen-bond acceptors (Lipinski definition) is 3. The van der Waals surface area contributed by atoms with Gasteiger partial charge in [0.1, 0.15) is 5.02 Å². The number of hydrogen-bond donors (Lipinski definition) is 1. The van der Waals surface area contributed by atoms with Crippen molar-refractivity contribution in [3.05, 3.63) is 10.7 Å². The van der Waals surface area contributed by atoms with Crippen LogP contribution in [0.3, 0.4) is 0 Å². The summed E-state index contributed by atoms with van der Waals surface area (Å²) in [5.41, 5.74) is 0.371. The highest BCUT2D eigenvalue weighted by atomic mass is 35.5. The summed E-state index contributed by atoms with van der Waals surface area (Å²) in [5, 5.41) is 13.0. The monoisotopic (exact) mass is 216 g/mol. The van der Waals surface area contributed by atoms with Crippen LogP contribution in [0.15, 0.2) is 0 Å². The topological polar surface area (TPSA) is 64.3 Å². The van der Waals surface area contributed by atoms with Crippen molar-refractivity contribution >= 4 is 17.6 Å². The zero-order chi connectivity index (χ0) is 10.1. The molecule has 0 unspecified atom stereocenters. The van der Waals surface area contributed by atoms with Crippen LogP contribution in [0.5, 0.6) is 5.88 Å². The number of fused-ring (bicyclic) bond motifs is 1. The maximum atomic E-state index is 10.5. The molecule has 6 heteroatoms. The predicted octanol–water partition coefficient (Wildman–Crippen LogP) is 0.946. The van der Waals surface area contributed by atoms with Crippen LogP contribution >= 0.6 is 11.6 Å². The molecular weight excluding hydrogens is 208 g/mol. The molecule has 1 N–H and O–H groups in total. The summed E-state index contributed by atoms with van der Waals surface area (Å²) in [7, 11) is 0. The molecule has 0 spiro atoms. The van der Waals surface area contributed by atoms with Gasteiger partial charge in [0.2, 0.25) is 5.88 Å². The number of halogens is 1. The van der Waals surface area contributed by atoms with Gasteiger partial charge in [0.05, 0.1) is 18.7 Å². The number of aliphatic carboxylic acids is 1. The van der Waals surface area contributed by atoms with E-state index in [1.54, 1.807) is 4.68 Å². The number of aryl methyl sites for hydroxylation is 1. The van der Waals surface area contributed by atoms with Crippen LogP contribution in [-0.4, -0.2) is 27.5 Å². The number of carboxylic acid groups (broad SMARTS) is 1. The quantitative estimate of drug-likeness (QED) is 0.799. The first-order valence-electron chi connectivity index (χ1n) is 4.28. The minimum atomic E-state index is -0.942. The Labute approximate surface area is 85.2 Å². The molecule has 1 aromatic heterocycles. The van der Waals surface area contributed by atoms with Crippen LogP contribution in [0.1, 0.15) is 12.1 Å². The van der Waals surface area contributed by atoms with Gasteiger partial charge in [0.25, 0.3) is 0 Å². The molecule has 14 heavy (non-hydrogen) atoms. The molecule has 1 aromatic rings. The Morgan fingerprint density at radius 2 is 2.50 bits per heavy atom. The van der Waals surface area contributed by atoms with E-state index in [9.17, 15) is 4.79 Å². The first-order valence-corrected chi connectivity index (χ1v) is 4.66. The summed E-state index contributed by atoms with van der Waals surface area (Å²) in [6.07, 6.45) is 0.708. The van der Waals surface area contributed by atoms with Crippen molar-refractivity contribution in [1.82, 2.24) is 9.78 Å². The van der Waals surface area contributed by atoms with Crippen molar-refractivity contribution in [3.8, 4) is 5.88 Å². The summed E-state index contributed by atoms with van der Waals surface area (Å²) in [4.78, 5) is 10.5. The lowest BCUT2D eigenvalue weighted by molar-refractivity contribution is -0.136. The Morgan fingerprint density at radius 1 is 1.71 bits per heavy atom. The first kappa shape index (κ1) is 9.33. The predicted molar refractivity (Wildman–Crippen MR) is 48.7 cm³/mol. The molecule has 0 fully saturated rings. The van der Waals surface area contributed by atoms with Crippen LogP contribution < -0.4 is 4.74 Å². The molecular formula is C8H9ClN2O3. The maximum absolute atomic E-state index is 10.5. The van der Waals surface area contributed by atoms with Crippen LogP contribution in [-0.2, 0) is 17.8 Å². The number of carbonyl (C=O) groups is 1. The van der Waals surface area contributed by atoms with Crippen molar-refractivity contribution in [2.75, 3.05) is 6.61 Å². The van der Waals surface area contributed by atoms with Gasteiger partial charge in [-0.15, -0.1) is 0 Å². The molecule has 0 aliphatic carbocycles. The van der Waals surface area contributed by atoms with Crippen molar-refractivity contribution in [3.63, 3.8) is 0 Å². The lowest BCUT2D eigenvalue weighted by atomic mass is 10.3. The summed E-state index contributed by atoms with van der Waals surface area (Å²) >= 11 is 5.91. The zero-order valence-electron chi connectivity index (χ0n) is 7.36. The van der Waals surface area contributed by atoms with Crippen LogP contribution in [0.25, 0.3) is 0 Å². The molecule has 0 saturated heterocycles. The molecule has 76 valence electrons. The highest BCUT2D eigenvalue weighted by molar-refractivity contribution is 6.32. The molecule has 0 amide bonds. The Bertz CT molecular complexity index is 375. The minimum absolute atomic E-state index is 0.164. The Kier molecular flexibility index (Phi) is 2.33. The van der Waals surface area contributed by atoms with Crippen molar-refractivity contribution in [2.24, 2.45) is 0 Å². The normalized spacial score (nSPS) is 14.6. The van der Waals surface area contributed by atoms with E-state index in [1.165, 1.54) is 0 Å². The van der Waals surface area contributed by atoms with E-state index < -0.39 is 5.97 Å². The third-order valence-corrected chi connectivity index (χ3v) is 2.37. The highest BCUT2D eigenvalue weighted by Gasteiger charge is 2.21.